The van der Waals surface area contributed by atoms with Gasteiger partial charge in [-0.3, -0.25) is 9.59 Å². The van der Waals surface area contributed by atoms with E-state index in [4.69, 9.17) is 4.74 Å². The van der Waals surface area contributed by atoms with Gasteiger partial charge in [0.1, 0.15) is 11.4 Å². The number of hydrogen-bond donors (Lipinski definition) is 2. The molecule has 2 N–H and O–H groups in total. The number of rotatable bonds is 10. The quantitative estimate of drug-likeness (QED) is 0.391. The van der Waals surface area contributed by atoms with Crippen molar-refractivity contribution in [3.63, 3.8) is 0 Å². The zero-order valence-corrected chi connectivity index (χ0v) is 20.6. The van der Waals surface area contributed by atoms with Crippen LogP contribution >= 0.6 is 0 Å². The number of halogens is 1. The van der Waals surface area contributed by atoms with Crippen LogP contribution in [-0.4, -0.2) is 67.5 Å². The van der Waals surface area contributed by atoms with Crippen LogP contribution in [0.5, 0.6) is 5.75 Å². The lowest BCUT2D eigenvalue weighted by molar-refractivity contribution is -0.150. The smallest absolute Gasteiger partial charge is 0.320 e. The number of likely N-dealkylation sites (tertiary alicyclic amines) is 1. The largest absolute Gasteiger partial charge is 0.493 e. The first-order valence-electron chi connectivity index (χ1n) is 11.9. The van der Waals surface area contributed by atoms with E-state index in [1.807, 2.05) is 36.4 Å². The van der Waals surface area contributed by atoms with Gasteiger partial charge < -0.3 is 24.8 Å². The molecule has 1 aliphatic heterocycles. The van der Waals surface area contributed by atoms with E-state index in [2.05, 4.69) is 15.0 Å². The highest BCUT2D eigenvalue weighted by Crippen LogP contribution is 2.34. The number of benzene rings is 2. The van der Waals surface area contributed by atoms with E-state index in [1.54, 1.807) is 26.0 Å². The second kappa shape index (κ2) is 12.1. The maximum absolute atomic E-state index is 14.0. The van der Waals surface area contributed by atoms with Crippen LogP contribution < -0.4 is 10.1 Å². The molecule has 0 aromatic heterocycles. The third-order valence-corrected chi connectivity index (χ3v) is 6.10. The Labute approximate surface area is 206 Å². The lowest BCUT2D eigenvalue weighted by Crippen LogP contribution is -2.41. The molecule has 0 bridgehead atoms. The van der Waals surface area contributed by atoms with E-state index in [-0.39, 0.29) is 0 Å². The summed E-state index contributed by atoms with van der Waals surface area (Å²) in [7, 11) is 1.17. The summed E-state index contributed by atoms with van der Waals surface area (Å²) in [5.74, 6) is -1.81. The number of aliphatic hydroxyl groups is 1. The van der Waals surface area contributed by atoms with E-state index in [0.29, 0.717) is 30.5 Å². The standard InChI is InChI=1S/C27H35FN2O5/c1-27(2,28)18-30-13-11-19(12-14-30)17-35-24-15-21(29-25(32)23(16-31)26(33)34-3)9-10-22(24)20-7-5-4-6-8-20/h4-10,15,19,23,31H,11-14,16-18H2,1-3H3,(H,29,32)/t23-/m0/s1. The van der Waals surface area contributed by atoms with Crippen LogP contribution in [-0.2, 0) is 14.3 Å². The summed E-state index contributed by atoms with van der Waals surface area (Å²) in [6.45, 7) is 5.16. The average Bonchev–Trinajstić information content (AvgIpc) is 2.83. The van der Waals surface area contributed by atoms with Gasteiger partial charge in [0.25, 0.3) is 0 Å². The summed E-state index contributed by atoms with van der Waals surface area (Å²) in [5, 5.41) is 12.1. The molecule has 1 fully saturated rings. The molecule has 8 heteroatoms. The number of alkyl halides is 1. The highest BCUT2D eigenvalue weighted by Gasteiger charge is 2.28. The molecule has 1 aliphatic rings. The minimum absolute atomic E-state index is 0.342. The zero-order chi connectivity index (χ0) is 25.4. The SMILES string of the molecule is COC(=O)[C@@H](CO)C(=O)Nc1ccc(-c2ccccc2)c(OCC2CCN(CC(C)(C)F)CC2)c1. The summed E-state index contributed by atoms with van der Waals surface area (Å²) in [4.78, 5) is 26.4. The Morgan fingerprint density at radius 2 is 1.86 bits per heavy atom. The van der Waals surface area contributed by atoms with Crippen molar-refractivity contribution in [1.82, 2.24) is 4.90 Å². The number of hydrogen-bond acceptors (Lipinski definition) is 6. The molecular formula is C27H35FN2O5. The average molecular weight is 487 g/mol. The molecule has 0 saturated carbocycles. The van der Waals surface area contributed by atoms with Gasteiger partial charge >= 0.3 is 5.97 Å². The van der Waals surface area contributed by atoms with Gasteiger partial charge in [-0.05, 0) is 63.4 Å². The van der Waals surface area contributed by atoms with Gasteiger partial charge in [0.15, 0.2) is 5.92 Å². The van der Waals surface area contributed by atoms with Gasteiger partial charge in [-0.15, -0.1) is 0 Å². The van der Waals surface area contributed by atoms with Crippen LogP contribution in [0.3, 0.4) is 0 Å². The van der Waals surface area contributed by atoms with Crippen molar-refractivity contribution in [2.75, 3.05) is 45.3 Å². The van der Waals surface area contributed by atoms with E-state index in [9.17, 15) is 19.1 Å². The zero-order valence-electron chi connectivity index (χ0n) is 20.6. The Balaban J connectivity index is 1.72. The molecule has 3 rings (SSSR count). The van der Waals surface area contributed by atoms with Crippen molar-refractivity contribution < 1.29 is 28.6 Å². The molecule has 2 aromatic carbocycles. The minimum Gasteiger partial charge on any atom is -0.493 e. The predicted molar refractivity (Wildman–Crippen MR) is 133 cm³/mol. The number of nitrogens with zero attached hydrogens (tertiary/aromatic N) is 1. The number of nitrogens with one attached hydrogen (secondary N) is 1. The summed E-state index contributed by atoms with van der Waals surface area (Å²) in [5.41, 5.74) is 1.10. The molecule has 7 nitrogen and oxygen atoms in total. The van der Waals surface area contributed by atoms with Crippen LogP contribution in [0.1, 0.15) is 26.7 Å². The van der Waals surface area contributed by atoms with Gasteiger partial charge in [-0.25, -0.2) is 4.39 Å². The van der Waals surface area contributed by atoms with Crippen molar-refractivity contribution in [2.24, 2.45) is 11.8 Å². The number of amides is 1. The second-order valence-corrected chi connectivity index (χ2v) is 9.57. The maximum Gasteiger partial charge on any atom is 0.320 e. The number of aliphatic hydroxyl groups excluding tert-OH is 1. The molecule has 2 aromatic rings. The Bertz CT molecular complexity index is 985. The molecule has 190 valence electrons. The van der Waals surface area contributed by atoms with Crippen LogP contribution in [0.15, 0.2) is 48.5 Å². The number of carbonyl (C=O) groups excluding carboxylic acids is 2. The molecule has 1 amide bonds. The summed E-state index contributed by atoms with van der Waals surface area (Å²) in [6, 6.07) is 15.1. The molecule has 35 heavy (non-hydrogen) atoms. The lowest BCUT2D eigenvalue weighted by Gasteiger charge is -2.34. The van der Waals surface area contributed by atoms with E-state index in [1.165, 1.54) is 7.11 Å². The molecule has 1 heterocycles. The van der Waals surface area contributed by atoms with Crippen molar-refractivity contribution in [2.45, 2.75) is 32.4 Å². The van der Waals surface area contributed by atoms with E-state index < -0.39 is 30.1 Å². The summed E-state index contributed by atoms with van der Waals surface area (Å²) < 4.78 is 24.8. The fourth-order valence-electron chi connectivity index (χ4n) is 4.26. The van der Waals surface area contributed by atoms with Crippen LogP contribution in [0.2, 0.25) is 0 Å². The van der Waals surface area contributed by atoms with E-state index >= 15 is 0 Å². The summed E-state index contributed by atoms with van der Waals surface area (Å²) >= 11 is 0. The lowest BCUT2D eigenvalue weighted by atomic mass is 9.96. The molecular weight excluding hydrogens is 451 g/mol. The molecule has 1 saturated heterocycles. The van der Waals surface area contributed by atoms with Gasteiger partial charge in [0.05, 0.1) is 20.3 Å². The number of methoxy groups -OCH3 is 1. The van der Waals surface area contributed by atoms with E-state index in [0.717, 1.165) is 37.1 Å². The third-order valence-electron chi connectivity index (χ3n) is 6.10. The number of carbonyl (C=O) groups is 2. The molecule has 0 aliphatic carbocycles. The summed E-state index contributed by atoms with van der Waals surface area (Å²) in [6.07, 6.45) is 1.84. The highest BCUT2D eigenvalue weighted by molar-refractivity contribution is 6.05. The fourth-order valence-corrected chi connectivity index (χ4v) is 4.26. The fraction of sp³-hybridized carbons (Fsp3) is 0.481. The molecule has 0 radical (unpaired) electrons. The normalized spacial score (nSPS) is 15.9. The van der Waals surface area contributed by atoms with Crippen molar-refractivity contribution in [1.29, 1.82) is 0 Å². The van der Waals surface area contributed by atoms with Crippen LogP contribution in [0.4, 0.5) is 10.1 Å². The first-order valence-corrected chi connectivity index (χ1v) is 11.9. The van der Waals surface area contributed by atoms with Crippen molar-refractivity contribution in [3.8, 4) is 16.9 Å². The van der Waals surface area contributed by atoms with Crippen molar-refractivity contribution >= 4 is 17.6 Å². The van der Waals surface area contributed by atoms with Crippen LogP contribution in [0, 0.1) is 11.8 Å². The number of piperidine rings is 1. The first kappa shape index (κ1) is 26.6. The van der Waals surface area contributed by atoms with Gasteiger partial charge in [0, 0.05) is 23.9 Å². The molecule has 1 atom stereocenters. The third kappa shape index (κ3) is 7.77. The Hall–Kier alpha value is -2.97. The molecule has 0 unspecified atom stereocenters. The van der Waals surface area contributed by atoms with Gasteiger partial charge in [-0.1, -0.05) is 30.3 Å². The highest BCUT2D eigenvalue weighted by atomic mass is 19.1. The number of anilines is 1. The topological polar surface area (TPSA) is 88.1 Å². The Kier molecular flexibility index (Phi) is 9.23. The second-order valence-electron chi connectivity index (χ2n) is 9.57. The Morgan fingerprint density at radius 3 is 2.46 bits per heavy atom. The number of esters is 1. The van der Waals surface area contributed by atoms with Crippen molar-refractivity contribution in [3.05, 3.63) is 48.5 Å². The maximum atomic E-state index is 14.0. The van der Waals surface area contributed by atoms with Gasteiger partial charge in [-0.2, -0.15) is 0 Å². The molecule has 0 spiro atoms. The monoisotopic (exact) mass is 486 g/mol. The van der Waals surface area contributed by atoms with Gasteiger partial charge in [0.2, 0.25) is 5.91 Å². The predicted octanol–water partition coefficient (Wildman–Crippen LogP) is 3.91. The van der Waals surface area contributed by atoms with Crippen LogP contribution in [0.25, 0.3) is 11.1 Å². The minimum atomic E-state index is -1.31. The number of ether oxygens (including phenoxy) is 2. The Morgan fingerprint density at radius 1 is 1.17 bits per heavy atom. The first-order chi connectivity index (χ1) is 16.7.